The zero-order chi connectivity index (χ0) is 13.1. The number of primary amides is 1. The molecule has 0 heterocycles. The molecule has 1 aromatic carbocycles. The van der Waals surface area contributed by atoms with Crippen LogP contribution in [-0.2, 0) is 4.79 Å². The van der Waals surface area contributed by atoms with Crippen molar-refractivity contribution < 1.29 is 4.79 Å². The van der Waals surface area contributed by atoms with Crippen molar-refractivity contribution >= 4 is 23.2 Å². The van der Waals surface area contributed by atoms with Crippen molar-refractivity contribution in [3.8, 4) is 6.07 Å². The van der Waals surface area contributed by atoms with Gasteiger partial charge < -0.3 is 10.6 Å². The molecule has 94 valence electrons. The third-order valence-corrected chi connectivity index (χ3v) is 3.27. The Morgan fingerprint density at radius 3 is 2.78 bits per heavy atom. The minimum absolute atomic E-state index is 0.179. The quantitative estimate of drug-likeness (QED) is 0.882. The number of nitrogens with zero attached hydrogens (tertiary/aromatic N) is 2. The van der Waals surface area contributed by atoms with E-state index in [2.05, 4.69) is 0 Å². The Balaban J connectivity index is 2.20. The summed E-state index contributed by atoms with van der Waals surface area (Å²) in [5.74, 6) is 0.273. The van der Waals surface area contributed by atoms with Crippen molar-refractivity contribution in [2.24, 2.45) is 11.7 Å². The standard InChI is InChI=1S/C13H14ClN3O/c14-12-5-11(4-3-10(12)6-15)17(8-13(16)18)7-9-1-2-9/h3-5,9H,1-2,7-8H2,(H2,16,18). The lowest BCUT2D eigenvalue weighted by Gasteiger charge is -2.23. The van der Waals surface area contributed by atoms with Crippen LogP contribution < -0.4 is 10.6 Å². The normalized spacial score (nSPS) is 14.0. The van der Waals surface area contributed by atoms with Crippen LogP contribution in [0.5, 0.6) is 0 Å². The third-order valence-electron chi connectivity index (χ3n) is 2.96. The van der Waals surface area contributed by atoms with Crippen LogP contribution in [0, 0.1) is 17.2 Å². The zero-order valence-corrected chi connectivity index (χ0v) is 10.7. The summed E-state index contributed by atoms with van der Waals surface area (Å²) in [5, 5.41) is 9.23. The van der Waals surface area contributed by atoms with E-state index in [9.17, 15) is 4.79 Å². The highest BCUT2D eigenvalue weighted by molar-refractivity contribution is 6.32. The van der Waals surface area contributed by atoms with E-state index in [4.69, 9.17) is 22.6 Å². The average molecular weight is 264 g/mol. The molecule has 0 bridgehead atoms. The number of anilines is 1. The third kappa shape index (κ3) is 3.14. The first-order chi connectivity index (χ1) is 8.60. The summed E-state index contributed by atoms with van der Waals surface area (Å²) in [6.45, 7) is 0.990. The molecule has 4 nitrogen and oxygen atoms in total. The number of hydrogen-bond acceptors (Lipinski definition) is 3. The fourth-order valence-electron chi connectivity index (χ4n) is 1.85. The van der Waals surface area contributed by atoms with Gasteiger partial charge in [0.2, 0.25) is 5.91 Å². The Morgan fingerprint density at radius 1 is 1.56 bits per heavy atom. The number of nitrogens with two attached hydrogens (primary N) is 1. The number of halogens is 1. The number of amides is 1. The van der Waals surface area contributed by atoms with Crippen molar-refractivity contribution in [3.05, 3.63) is 28.8 Å². The Labute approximate surface area is 111 Å². The highest BCUT2D eigenvalue weighted by Gasteiger charge is 2.25. The molecule has 0 atom stereocenters. The van der Waals surface area contributed by atoms with Crippen molar-refractivity contribution in [3.63, 3.8) is 0 Å². The number of carbonyl (C=O) groups is 1. The van der Waals surface area contributed by atoms with E-state index in [-0.39, 0.29) is 12.5 Å². The maximum absolute atomic E-state index is 11.1. The number of hydrogen-bond donors (Lipinski definition) is 1. The molecule has 1 aliphatic rings. The van der Waals surface area contributed by atoms with E-state index in [1.807, 2.05) is 11.0 Å². The lowest BCUT2D eigenvalue weighted by molar-refractivity contribution is -0.116. The van der Waals surface area contributed by atoms with Crippen molar-refractivity contribution in [1.29, 1.82) is 5.26 Å². The van der Waals surface area contributed by atoms with E-state index in [0.717, 1.165) is 12.2 Å². The Bertz CT molecular complexity index is 505. The zero-order valence-electron chi connectivity index (χ0n) is 9.90. The molecule has 0 aromatic heterocycles. The van der Waals surface area contributed by atoms with Crippen LogP contribution in [0.4, 0.5) is 5.69 Å². The van der Waals surface area contributed by atoms with Gasteiger partial charge in [-0.05, 0) is 37.0 Å². The van der Waals surface area contributed by atoms with Crippen molar-refractivity contribution in [1.82, 2.24) is 0 Å². The van der Waals surface area contributed by atoms with Gasteiger partial charge >= 0.3 is 0 Å². The molecule has 5 heteroatoms. The molecule has 1 fully saturated rings. The minimum atomic E-state index is -0.365. The van der Waals surface area contributed by atoms with Crippen LogP contribution in [0.3, 0.4) is 0 Å². The first-order valence-corrected chi connectivity index (χ1v) is 6.21. The van der Waals surface area contributed by atoms with Gasteiger partial charge in [0.15, 0.2) is 0 Å². The second-order valence-corrected chi connectivity index (χ2v) is 4.97. The predicted molar refractivity (Wildman–Crippen MR) is 70.3 cm³/mol. The summed E-state index contributed by atoms with van der Waals surface area (Å²) in [7, 11) is 0. The van der Waals surface area contributed by atoms with Crippen molar-refractivity contribution in [2.75, 3.05) is 18.0 Å². The average Bonchev–Trinajstić information content (AvgIpc) is 3.11. The van der Waals surface area contributed by atoms with Crippen LogP contribution in [0.2, 0.25) is 5.02 Å². The Kier molecular flexibility index (Phi) is 3.73. The smallest absolute Gasteiger partial charge is 0.236 e. The fraction of sp³-hybridized carbons (Fsp3) is 0.385. The maximum atomic E-state index is 11.1. The minimum Gasteiger partial charge on any atom is -0.368 e. The number of nitriles is 1. The van der Waals surface area contributed by atoms with Crippen LogP contribution in [0.25, 0.3) is 0 Å². The summed E-state index contributed by atoms with van der Waals surface area (Å²) in [6, 6.07) is 7.19. The van der Waals surface area contributed by atoms with Gasteiger partial charge in [-0.1, -0.05) is 11.6 Å². The molecule has 0 unspecified atom stereocenters. The second-order valence-electron chi connectivity index (χ2n) is 4.57. The molecule has 0 saturated heterocycles. The molecule has 2 N–H and O–H groups in total. The van der Waals surface area contributed by atoms with Crippen molar-refractivity contribution in [2.45, 2.75) is 12.8 Å². The van der Waals surface area contributed by atoms with Gasteiger partial charge in [-0.25, -0.2) is 0 Å². The number of carbonyl (C=O) groups excluding carboxylic acids is 1. The van der Waals surface area contributed by atoms with Crippen LogP contribution in [0.15, 0.2) is 18.2 Å². The maximum Gasteiger partial charge on any atom is 0.236 e. The van der Waals surface area contributed by atoms with E-state index in [1.165, 1.54) is 12.8 Å². The molecule has 0 aliphatic heterocycles. The predicted octanol–water partition coefficient (Wildman–Crippen LogP) is 1.91. The second kappa shape index (κ2) is 5.28. The largest absolute Gasteiger partial charge is 0.368 e. The first-order valence-electron chi connectivity index (χ1n) is 5.83. The molecule has 1 aliphatic carbocycles. The van der Waals surface area contributed by atoms with Crippen LogP contribution >= 0.6 is 11.6 Å². The lowest BCUT2D eigenvalue weighted by Crippen LogP contribution is -2.35. The molecule has 18 heavy (non-hydrogen) atoms. The number of rotatable bonds is 5. The highest BCUT2D eigenvalue weighted by atomic mass is 35.5. The molecular formula is C13H14ClN3O. The molecule has 1 aromatic rings. The van der Waals surface area contributed by atoms with E-state index in [1.54, 1.807) is 18.2 Å². The summed E-state index contributed by atoms with van der Waals surface area (Å²) in [5.41, 5.74) is 6.53. The lowest BCUT2D eigenvalue weighted by atomic mass is 10.2. The molecular weight excluding hydrogens is 250 g/mol. The van der Waals surface area contributed by atoms with Crippen LogP contribution in [0.1, 0.15) is 18.4 Å². The van der Waals surface area contributed by atoms with Gasteiger partial charge in [-0.2, -0.15) is 5.26 Å². The Morgan fingerprint density at radius 2 is 2.28 bits per heavy atom. The molecule has 1 saturated carbocycles. The van der Waals surface area contributed by atoms with E-state index in [0.29, 0.717) is 16.5 Å². The van der Waals surface area contributed by atoms with Gasteiger partial charge in [0, 0.05) is 12.2 Å². The monoisotopic (exact) mass is 263 g/mol. The Hall–Kier alpha value is -1.73. The fourth-order valence-corrected chi connectivity index (χ4v) is 2.07. The molecule has 2 rings (SSSR count). The van der Waals surface area contributed by atoms with E-state index >= 15 is 0 Å². The van der Waals surface area contributed by atoms with Gasteiger partial charge in [0.05, 0.1) is 17.1 Å². The topological polar surface area (TPSA) is 70.1 Å². The number of benzene rings is 1. The molecule has 0 spiro atoms. The molecule has 1 amide bonds. The first kappa shape index (κ1) is 12.7. The summed E-state index contributed by atoms with van der Waals surface area (Å²) >= 11 is 6.00. The SMILES string of the molecule is N#Cc1ccc(N(CC(N)=O)CC2CC2)cc1Cl. The summed E-state index contributed by atoms with van der Waals surface area (Å²) in [4.78, 5) is 13.0. The molecule has 0 radical (unpaired) electrons. The van der Waals surface area contributed by atoms with Gasteiger partial charge in [-0.3, -0.25) is 4.79 Å². The summed E-state index contributed by atoms with van der Waals surface area (Å²) < 4.78 is 0. The van der Waals surface area contributed by atoms with Gasteiger partial charge in [0.25, 0.3) is 0 Å². The van der Waals surface area contributed by atoms with E-state index < -0.39 is 0 Å². The summed E-state index contributed by atoms with van der Waals surface area (Å²) in [6.07, 6.45) is 2.39. The van der Waals surface area contributed by atoms with Gasteiger partial charge in [-0.15, -0.1) is 0 Å². The van der Waals surface area contributed by atoms with Crippen LogP contribution in [-0.4, -0.2) is 19.0 Å². The highest BCUT2D eigenvalue weighted by Crippen LogP contribution is 2.32. The van der Waals surface area contributed by atoms with Gasteiger partial charge in [0.1, 0.15) is 6.07 Å².